The summed E-state index contributed by atoms with van der Waals surface area (Å²) in [7, 11) is 0. The maximum absolute atomic E-state index is 13.2. The van der Waals surface area contributed by atoms with E-state index in [4.69, 9.17) is 9.97 Å². The van der Waals surface area contributed by atoms with Gasteiger partial charge < -0.3 is 4.90 Å². The molecule has 0 saturated heterocycles. The van der Waals surface area contributed by atoms with Crippen molar-refractivity contribution in [3.05, 3.63) is 60.4 Å². The van der Waals surface area contributed by atoms with Crippen molar-refractivity contribution < 1.29 is 4.79 Å². The highest BCUT2D eigenvalue weighted by atomic mass is 16.2. The van der Waals surface area contributed by atoms with Crippen LogP contribution in [0.15, 0.2) is 54.9 Å². The van der Waals surface area contributed by atoms with Crippen LogP contribution in [-0.2, 0) is 0 Å². The third-order valence-corrected chi connectivity index (χ3v) is 5.61. The van der Waals surface area contributed by atoms with Crippen LogP contribution in [0.25, 0.3) is 43.9 Å². The number of hydrogen-bond donors (Lipinski definition) is 0. The first-order valence-electron chi connectivity index (χ1n) is 10.5. The minimum Gasteiger partial charge on any atom is -0.334 e. The van der Waals surface area contributed by atoms with E-state index in [2.05, 4.69) is 9.97 Å². The summed E-state index contributed by atoms with van der Waals surface area (Å²) in [6.45, 7) is 8.12. The summed E-state index contributed by atoms with van der Waals surface area (Å²) in [5.41, 5.74) is 5.02. The number of pyridine rings is 2. The number of hydrogen-bond acceptors (Lipinski definition) is 5. The van der Waals surface area contributed by atoms with Crippen molar-refractivity contribution in [2.24, 2.45) is 0 Å². The van der Waals surface area contributed by atoms with E-state index in [0.29, 0.717) is 16.6 Å². The van der Waals surface area contributed by atoms with Crippen LogP contribution in [0.2, 0.25) is 0 Å². The maximum atomic E-state index is 13.2. The van der Waals surface area contributed by atoms with Gasteiger partial charge in [0, 0.05) is 40.8 Å². The van der Waals surface area contributed by atoms with Crippen LogP contribution in [0.4, 0.5) is 0 Å². The molecule has 5 rings (SSSR count). The number of amides is 1. The summed E-state index contributed by atoms with van der Waals surface area (Å²) in [5.74, 6) is -0.00282. The molecule has 6 nitrogen and oxygen atoms in total. The first kappa shape index (κ1) is 19.3. The van der Waals surface area contributed by atoms with Crippen molar-refractivity contribution in [1.82, 2.24) is 24.8 Å². The summed E-state index contributed by atoms with van der Waals surface area (Å²) >= 11 is 0. The predicted molar refractivity (Wildman–Crippen MR) is 124 cm³/mol. The van der Waals surface area contributed by atoms with E-state index in [1.54, 1.807) is 12.4 Å². The predicted octanol–water partition coefficient (Wildman–Crippen LogP) is 5.14. The summed E-state index contributed by atoms with van der Waals surface area (Å²) < 4.78 is 0. The highest BCUT2D eigenvalue weighted by molar-refractivity contribution is 6.21. The zero-order valence-corrected chi connectivity index (χ0v) is 18.0. The van der Waals surface area contributed by atoms with Gasteiger partial charge >= 0.3 is 0 Å². The van der Waals surface area contributed by atoms with Crippen molar-refractivity contribution in [3.63, 3.8) is 0 Å². The van der Waals surface area contributed by atoms with Gasteiger partial charge in [-0.25, -0.2) is 9.97 Å². The SMILES string of the molecule is CC(C)N(C(=O)c1ccc2nc3c4ncccc4c4cccnc4c3nc2c1)C(C)C. The molecule has 0 aliphatic carbocycles. The molecule has 1 amide bonds. The fraction of sp³-hybridized carbons (Fsp3) is 0.240. The lowest BCUT2D eigenvalue weighted by molar-refractivity contribution is 0.0644. The summed E-state index contributed by atoms with van der Waals surface area (Å²) in [6.07, 6.45) is 3.53. The number of rotatable bonds is 3. The number of nitrogens with zero attached hydrogens (tertiary/aromatic N) is 5. The van der Waals surface area contributed by atoms with Crippen LogP contribution in [0, 0.1) is 0 Å². The van der Waals surface area contributed by atoms with Gasteiger partial charge in [0.05, 0.1) is 22.1 Å². The van der Waals surface area contributed by atoms with E-state index in [-0.39, 0.29) is 18.0 Å². The third-order valence-electron chi connectivity index (χ3n) is 5.61. The Morgan fingerprint density at radius 3 is 1.84 bits per heavy atom. The monoisotopic (exact) mass is 409 g/mol. The maximum Gasteiger partial charge on any atom is 0.254 e. The van der Waals surface area contributed by atoms with Crippen molar-refractivity contribution in [2.75, 3.05) is 0 Å². The average Bonchev–Trinajstić information content (AvgIpc) is 2.77. The number of benzene rings is 2. The van der Waals surface area contributed by atoms with Gasteiger partial charge in [-0.1, -0.05) is 12.1 Å². The average molecular weight is 409 g/mol. The van der Waals surface area contributed by atoms with Crippen LogP contribution in [-0.4, -0.2) is 42.8 Å². The van der Waals surface area contributed by atoms with Crippen LogP contribution >= 0.6 is 0 Å². The molecule has 5 aromatic rings. The van der Waals surface area contributed by atoms with Crippen molar-refractivity contribution in [2.45, 2.75) is 39.8 Å². The van der Waals surface area contributed by atoms with E-state index in [0.717, 1.165) is 32.8 Å². The van der Waals surface area contributed by atoms with Gasteiger partial charge in [0.2, 0.25) is 0 Å². The number of aromatic nitrogens is 4. The molecule has 3 aromatic heterocycles. The van der Waals surface area contributed by atoms with Gasteiger partial charge in [0.15, 0.2) is 0 Å². The fourth-order valence-corrected chi connectivity index (χ4v) is 4.35. The fourth-order valence-electron chi connectivity index (χ4n) is 4.35. The second-order valence-corrected chi connectivity index (χ2v) is 8.32. The zero-order chi connectivity index (χ0) is 21.7. The topological polar surface area (TPSA) is 71.9 Å². The van der Waals surface area contributed by atoms with Gasteiger partial charge in [-0.3, -0.25) is 14.8 Å². The van der Waals surface area contributed by atoms with Gasteiger partial charge in [-0.15, -0.1) is 0 Å². The van der Waals surface area contributed by atoms with Crippen LogP contribution in [0.5, 0.6) is 0 Å². The second-order valence-electron chi connectivity index (χ2n) is 8.32. The Morgan fingerprint density at radius 2 is 1.29 bits per heavy atom. The molecule has 154 valence electrons. The van der Waals surface area contributed by atoms with E-state index < -0.39 is 0 Å². The van der Waals surface area contributed by atoms with E-state index in [1.807, 2.05) is 75.1 Å². The molecule has 0 bridgehead atoms. The summed E-state index contributed by atoms with van der Waals surface area (Å²) in [4.78, 5) is 34.0. The molecule has 0 aliphatic rings. The molecular weight excluding hydrogens is 386 g/mol. The highest BCUT2D eigenvalue weighted by Gasteiger charge is 2.22. The van der Waals surface area contributed by atoms with Crippen LogP contribution in [0.1, 0.15) is 38.1 Å². The lowest BCUT2D eigenvalue weighted by Gasteiger charge is -2.30. The number of carbonyl (C=O) groups excluding carboxylic acids is 1. The Bertz CT molecular complexity index is 1470. The largest absolute Gasteiger partial charge is 0.334 e. The van der Waals surface area contributed by atoms with Crippen molar-refractivity contribution in [1.29, 1.82) is 0 Å². The number of fused-ring (bicyclic) bond motifs is 7. The van der Waals surface area contributed by atoms with Crippen molar-refractivity contribution >= 4 is 49.8 Å². The molecule has 0 atom stereocenters. The summed E-state index contributed by atoms with van der Waals surface area (Å²) in [6, 6.07) is 13.6. The lowest BCUT2D eigenvalue weighted by Crippen LogP contribution is -2.42. The molecule has 31 heavy (non-hydrogen) atoms. The molecule has 0 aliphatic heterocycles. The first-order valence-corrected chi connectivity index (χ1v) is 10.5. The minimum absolute atomic E-state index is 0.00282. The smallest absolute Gasteiger partial charge is 0.254 e. The molecule has 0 N–H and O–H groups in total. The van der Waals surface area contributed by atoms with Gasteiger partial charge in [-0.2, -0.15) is 0 Å². The van der Waals surface area contributed by atoms with Gasteiger partial charge in [0.1, 0.15) is 11.0 Å². The van der Waals surface area contributed by atoms with Gasteiger partial charge in [0.25, 0.3) is 5.91 Å². The molecule has 2 aromatic carbocycles. The van der Waals surface area contributed by atoms with E-state index >= 15 is 0 Å². The first-order chi connectivity index (χ1) is 15.0. The Kier molecular flexibility index (Phi) is 4.50. The van der Waals surface area contributed by atoms with Crippen LogP contribution in [0.3, 0.4) is 0 Å². The van der Waals surface area contributed by atoms with Crippen LogP contribution < -0.4 is 0 Å². The van der Waals surface area contributed by atoms with E-state index in [9.17, 15) is 4.79 Å². The van der Waals surface area contributed by atoms with E-state index in [1.165, 1.54) is 0 Å². The standard InChI is InChI=1S/C25H23N5O/c1-14(2)30(15(3)4)25(31)16-9-10-19-20(13-16)29-24-22-18(8-6-12-27-22)17-7-5-11-26-21(17)23(24)28-19/h5-15H,1-4H3. The zero-order valence-electron chi connectivity index (χ0n) is 18.0. The Hall–Kier alpha value is -3.67. The Balaban J connectivity index is 1.79. The molecule has 0 saturated carbocycles. The number of carbonyl (C=O) groups is 1. The molecule has 6 heteroatoms. The molecule has 0 unspecified atom stereocenters. The Morgan fingerprint density at radius 1 is 0.742 bits per heavy atom. The molecule has 0 fully saturated rings. The molecular formula is C25H23N5O. The van der Waals surface area contributed by atoms with Gasteiger partial charge in [-0.05, 0) is 58.0 Å². The van der Waals surface area contributed by atoms with Crippen molar-refractivity contribution in [3.8, 4) is 0 Å². The third kappa shape index (κ3) is 3.06. The quantitative estimate of drug-likeness (QED) is 0.305. The Labute approximate surface area is 180 Å². The molecule has 0 radical (unpaired) electrons. The molecule has 3 heterocycles. The molecule has 0 spiro atoms. The summed E-state index contributed by atoms with van der Waals surface area (Å²) in [5, 5.41) is 1.99. The normalized spacial score (nSPS) is 11.9. The minimum atomic E-state index is -0.00282. The lowest BCUT2D eigenvalue weighted by atomic mass is 10.1. The highest BCUT2D eigenvalue weighted by Crippen LogP contribution is 2.31. The second kappa shape index (κ2) is 7.23.